The lowest BCUT2D eigenvalue weighted by molar-refractivity contribution is -0.127. The summed E-state index contributed by atoms with van der Waals surface area (Å²) in [5, 5.41) is 2.97. The zero-order valence-electron chi connectivity index (χ0n) is 13.0. The van der Waals surface area contributed by atoms with Crippen LogP contribution in [0.2, 0.25) is 0 Å². The van der Waals surface area contributed by atoms with Gasteiger partial charge in [-0.05, 0) is 50.6 Å². The number of ether oxygens (including phenoxy) is 1. The zero-order chi connectivity index (χ0) is 16.1. The molecule has 4 heteroatoms. The van der Waals surface area contributed by atoms with E-state index in [1.165, 1.54) is 5.56 Å². The largest absolute Gasteiger partial charge is 0.481 e. The Morgan fingerprint density at radius 1 is 1.05 bits per heavy atom. The number of nitrogens with one attached hydrogen (secondary N) is 1. The fourth-order valence-electron chi connectivity index (χ4n) is 2.04. The Bertz CT molecular complexity index is 623. The van der Waals surface area contributed by atoms with Gasteiger partial charge in [-0.3, -0.25) is 4.79 Å². The molecule has 2 atom stereocenters. The fraction of sp³-hybridized carbons (Fsp3) is 0.278. The number of carbonyl (C=O) groups is 1. The third kappa shape index (κ3) is 4.60. The van der Waals surface area contributed by atoms with Gasteiger partial charge < -0.3 is 10.1 Å². The number of carbonyl (C=O) groups excluding carboxylic acids is 1. The third-order valence-corrected chi connectivity index (χ3v) is 3.96. The van der Waals surface area contributed by atoms with Gasteiger partial charge in [-0.25, -0.2) is 0 Å². The van der Waals surface area contributed by atoms with Crippen LogP contribution in [0.25, 0.3) is 0 Å². The topological polar surface area (TPSA) is 38.3 Å². The maximum Gasteiger partial charge on any atom is 0.261 e. The molecule has 0 saturated heterocycles. The molecule has 0 heterocycles. The molecule has 0 radical (unpaired) electrons. The number of hydrogen-bond donors (Lipinski definition) is 1. The Labute approximate surface area is 139 Å². The van der Waals surface area contributed by atoms with Crippen LogP contribution < -0.4 is 10.1 Å². The molecular weight excluding hydrogens is 342 g/mol. The number of halogens is 1. The molecule has 22 heavy (non-hydrogen) atoms. The van der Waals surface area contributed by atoms with Gasteiger partial charge in [0.25, 0.3) is 5.91 Å². The molecule has 0 bridgehead atoms. The first-order valence-corrected chi connectivity index (χ1v) is 8.04. The molecule has 0 spiro atoms. The summed E-state index contributed by atoms with van der Waals surface area (Å²) in [5.74, 6) is 0.546. The van der Waals surface area contributed by atoms with E-state index in [9.17, 15) is 4.79 Å². The number of amides is 1. The van der Waals surface area contributed by atoms with Crippen molar-refractivity contribution in [2.45, 2.75) is 32.9 Å². The van der Waals surface area contributed by atoms with E-state index in [0.29, 0.717) is 5.75 Å². The van der Waals surface area contributed by atoms with Crippen LogP contribution in [0.3, 0.4) is 0 Å². The average Bonchev–Trinajstić information content (AvgIpc) is 2.50. The number of rotatable bonds is 5. The first-order chi connectivity index (χ1) is 10.5. The molecule has 0 aliphatic heterocycles. The van der Waals surface area contributed by atoms with Crippen LogP contribution in [0.15, 0.2) is 53.0 Å². The van der Waals surface area contributed by atoms with Crippen LogP contribution in [0.1, 0.15) is 31.0 Å². The van der Waals surface area contributed by atoms with Gasteiger partial charge in [0.15, 0.2) is 6.10 Å². The van der Waals surface area contributed by atoms with Crippen molar-refractivity contribution in [3.8, 4) is 5.75 Å². The molecule has 1 amide bonds. The minimum absolute atomic E-state index is 0.0518. The highest BCUT2D eigenvalue weighted by Gasteiger charge is 2.17. The molecule has 2 rings (SSSR count). The molecule has 2 aromatic carbocycles. The van der Waals surface area contributed by atoms with Crippen LogP contribution in [-0.4, -0.2) is 12.0 Å². The smallest absolute Gasteiger partial charge is 0.261 e. The van der Waals surface area contributed by atoms with Crippen molar-refractivity contribution in [1.82, 2.24) is 5.32 Å². The van der Waals surface area contributed by atoms with Gasteiger partial charge in [0, 0.05) is 4.47 Å². The first-order valence-electron chi connectivity index (χ1n) is 7.25. The Kier molecular flexibility index (Phi) is 5.61. The molecule has 0 aliphatic rings. The van der Waals surface area contributed by atoms with Crippen LogP contribution in [0.5, 0.6) is 5.75 Å². The van der Waals surface area contributed by atoms with Crippen molar-refractivity contribution in [3.05, 3.63) is 64.1 Å². The second-order valence-corrected chi connectivity index (χ2v) is 6.27. The molecule has 0 fully saturated rings. The van der Waals surface area contributed by atoms with E-state index in [-0.39, 0.29) is 11.9 Å². The van der Waals surface area contributed by atoms with Crippen molar-refractivity contribution >= 4 is 21.8 Å². The lowest BCUT2D eigenvalue weighted by atomic mass is 10.1. The molecule has 2 aromatic rings. The molecule has 0 saturated carbocycles. The number of hydrogen-bond acceptors (Lipinski definition) is 2. The molecule has 1 N–H and O–H groups in total. The normalized spacial score (nSPS) is 13.3. The predicted octanol–water partition coefficient (Wildman–Crippen LogP) is 4.40. The quantitative estimate of drug-likeness (QED) is 0.856. The van der Waals surface area contributed by atoms with E-state index in [4.69, 9.17) is 4.74 Å². The van der Waals surface area contributed by atoms with Gasteiger partial charge in [-0.15, -0.1) is 0 Å². The zero-order valence-corrected chi connectivity index (χ0v) is 14.6. The van der Waals surface area contributed by atoms with Crippen molar-refractivity contribution in [3.63, 3.8) is 0 Å². The highest BCUT2D eigenvalue weighted by molar-refractivity contribution is 9.10. The summed E-state index contributed by atoms with van der Waals surface area (Å²) >= 11 is 3.37. The molecular formula is C18H20BrNO2. The second kappa shape index (κ2) is 7.45. The van der Waals surface area contributed by atoms with Gasteiger partial charge >= 0.3 is 0 Å². The molecule has 3 nitrogen and oxygen atoms in total. The van der Waals surface area contributed by atoms with E-state index < -0.39 is 6.10 Å². The summed E-state index contributed by atoms with van der Waals surface area (Å²) in [5.41, 5.74) is 2.28. The van der Waals surface area contributed by atoms with E-state index in [1.807, 2.05) is 62.4 Å². The Morgan fingerprint density at radius 2 is 1.64 bits per heavy atom. The summed E-state index contributed by atoms with van der Waals surface area (Å²) < 4.78 is 6.63. The maximum absolute atomic E-state index is 12.2. The van der Waals surface area contributed by atoms with Crippen molar-refractivity contribution in [1.29, 1.82) is 0 Å². The summed E-state index contributed by atoms with van der Waals surface area (Å²) in [6.45, 7) is 5.76. The second-order valence-electron chi connectivity index (χ2n) is 5.35. The fourth-order valence-corrected chi connectivity index (χ4v) is 2.30. The summed E-state index contributed by atoms with van der Waals surface area (Å²) in [6.07, 6.45) is -0.547. The van der Waals surface area contributed by atoms with Gasteiger partial charge in [0.05, 0.1) is 6.04 Å². The molecule has 2 unspecified atom stereocenters. The van der Waals surface area contributed by atoms with Gasteiger partial charge in [-0.1, -0.05) is 45.8 Å². The van der Waals surface area contributed by atoms with Crippen molar-refractivity contribution in [2.75, 3.05) is 0 Å². The van der Waals surface area contributed by atoms with Crippen LogP contribution in [0, 0.1) is 6.92 Å². The van der Waals surface area contributed by atoms with Crippen molar-refractivity contribution < 1.29 is 9.53 Å². The van der Waals surface area contributed by atoms with E-state index in [2.05, 4.69) is 21.2 Å². The van der Waals surface area contributed by atoms with Gasteiger partial charge in [0.2, 0.25) is 0 Å². The van der Waals surface area contributed by atoms with Crippen LogP contribution >= 0.6 is 15.9 Å². The van der Waals surface area contributed by atoms with Crippen molar-refractivity contribution in [2.24, 2.45) is 0 Å². The standard InChI is InChI=1S/C18H20BrNO2/c1-12-4-6-15(7-5-12)13(2)20-18(21)14(3)22-17-10-8-16(19)9-11-17/h4-11,13-14H,1-3H3,(H,20,21). The van der Waals surface area contributed by atoms with Crippen LogP contribution in [0.4, 0.5) is 0 Å². The number of benzene rings is 2. The molecule has 116 valence electrons. The average molecular weight is 362 g/mol. The minimum Gasteiger partial charge on any atom is -0.481 e. The number of aryl methyl sites for hydroxylation is 1. The lowest BCUT2D eigenvalue weighted by Crippen LogP contribution is -2.37. The minimum atomic E-state index is -0.547. The highest BCUT2D eigenvalue weighted by atomic mass is 79.9. The Balaban J connectivity index is 1.93. The highest BCUT2D eigenvalue weighted by Crippen LogP contribution is 2.18. The monoisotopic (exact) mass is 361 g/mol. The first kappa shape index (κ1) is 16.6. The van der Waals surface area contributed by atoms with E-state index in [1.54, 1.807) is 6.92 Å². The Hall–Kier alpha value is -1.81. The summed E-state index contributed by atoms with van der Waals surface area (Å²) in [7, 11) is 0. The summed E-state index contributed by atoms with van der Waals surface area (Å²) in [4.78, 5) is 12.2. The van der Waals surface area contributed by atoms with E-state index in [0.717, 1.165) is 10.0 Å². The predicted molar refractivity (Wildman–Crippen MR) is 92.0 cm³/mol. The van der Waals surface area contributed by atoms with Gasteiger partial charge in [0.1, 0.15) is 5.75 Å². The lowest BCUT2D eigenvalue weighted by Gasteiger charge is -2.19. The maximum atomic E-state index is 12.2. The van der Waals surface area contributed by atoms with E-state index >= 15 is 0 Å². The van der Waals surface area contributed by atoms with Crippen LogP contribution in [-0.2, 0) is 4.79 Å². The molecule has 0 aromatic heterocycles. The summed E-state index contributed by atoms with van der Waals surface area (Å²) in [6, 6.07) is 15.5. The van der Waals surface area contributed by atoms with Gasteiger partial charge in [-0.2, -0.15) is 0 Å². The Morgan fingerprint density at radius 3 is 2.23 bits per heavy atom. The third-order valence-electron chi connectivity index (χ3n) is 3.43. The SMILES string of the molecule is Cc1ccc(C(C)NC(=O)C(C)Oc2ccc(Br)cc2)cc1. The molecule has 0 aliphatic carbocycles.